The van der Waals surface area contributed by atoms with Gasteiger partial charge in [-0.25, -0.2) is 27.3 Å². The maximum atomic E-state index is 13.8. The first kappa shape index (κ1) is 27.1. The number of rotatable bonds is 9. The molecule has 1 aromatic rings. The molecule has 1 aliphatic heterocycles. The van der Waals surface area contributed by atoms with E-state index < -0.39 is 71.6 Å². The molecule has 1 aliphatic rings. The molecular formula is C11H17F2N2O14P3. The first-order valence-corrected chi connectivity index (χ1v) is 12.6. The largest absolute Gasteiger partial charge is 0.490 e. The van der Waals surface area contributed by atoms with Crippen molar-refractivity contribution >= 4 is 23.5 Å². The number of ether oxygens (including phenoxy) is 1. The summed E-state index contributed by atoms with van der Waals surface area (Å²) in [6.07, 6.45) is -5.55. The zero-order valence-electron chi connectivity index (χ0n) is 15.7. The Morgan fingerprint density at radius 2 is 1.81 bits per heavy atom. The van der Waals surface area contributed by atoms with Crippen LogP contribution < -0.4 is 11.2 Å². The molecule has 0 spiro atoms. The number of nitrogens with one attached hydrogen (secondary N) is 1. The Morgan fingerprint density at radius 3 is 2.31 bits per heavy atom. The summed E-state index contributed by atoms with van der Waals surface area (Å²) in [5, 5.41) is 10.5. The number of aromatic nitrogens is 2. The number of H-pyrrole nitrogens is 1. The van der Waals surface area contributed by atoms with Gasteiger partial charge in [0.05, 0.1) is 6.61 Å². The average molecular weight is 532 g/mol. The number of halogens is 2. The maximum Gasteiger partial charge on any atom is 0.490 e. The smallest absolute Gasteiger partial charge is 0.385 e. The van der Waals surface area contributed by atoms with E-state index in [0.29, 0.717) is 4.57 Å². The molecule has 21 heteroatoms. The SMILES string of the molecule is C[C@@]1(O)C[C@](COP(=O)(O)OP(=O)(O)OP(=O)(O)O)(C(F)F)O[C@H]1n1ccc(=O)[nH]c1=O. The lowest BCUT2D eigenvalue weighted by atomic mass is 9.92. The number of aliphatic hydroxyl groups is 1. The Hall–Kier alpha value is -1.13. The molecule has 1 aromatic heterocycles. The Labute approximate surface area is 175 Å². The zero-order chi connectivity index (χ0) is 24.8. The van der Waals surface area contributed by atoms with Crippen molar-refractivity contribution in [3.8, 4) is 0 Å². The Bertz CT molecular complexity index is 1110. The molecule has 0 amide bonds. The van der Waals surface area contributed by atoms with Crippen molar-refractivity contribution < 1.29 is 65.0 Å². The van der Waals surface area contributed by atoms with Crippen molar-refractivity contribution in [3.63, 3.8) is 0 Å². The number of hydrogen-bond donors (Lipinski definition) is 6. The number of phosphoric acid groups is 3. The van der Waals surface area contributed by atoms with Gasteiger partial charge in [0, 0.05) is 18.7 Å². The maximum absolute atomic E-state index is 13.8. The van der Waals surface area contributed by atoms with Crippen molar-refractivity contribution in [2.24, 2.45) is 0 Å². The van der Waals surface area contributed by atoms with Crippen LogP contribution in [0.3, 0.4) is 0 Å². The summed E-state index contributed by atoms with van der Waals surface area (Å²) in [5.41, 5.74) is -7.08. The summed E-state index contributed by atoms with van der Waals surface area (Å²) in [4.78, 5) is 60.4. The van der Waals surface area contributed by atoms with Gasteiger partial charge in [-0.3, -0.25) is 18.9 Å². The molecule has 16 nitrogen and oxygen atoms in total. The molecule has 184 valence electrons. The van der Waals surface area contributed by atoms with Crippen LogP contribution in [0.5, 0.6) is 0 Å². The molecule has 2 heterocycles. The van der Waals surface area contributed by atoms with Crippen LogP contribution in [0.2, 0.25) is 0 Å². The molecule has 0 radical (unpaired) electrons. The molecule has 32 heavy (non-hydrogen) atoms. The first-order chi connectivity index (χ1) is 14.3. The minimum Gasteiger partial charge on any atom is -0.385 e. The predicted octanol–water partition coefficient (Wildman–Crippen LogP) is -0.446. The van der Waals surface area contributed by atoms with Crippen molar-refractivity contribution in [2.75, 3.05) is 6.61 Å². The molecule has 1 fully saturated rings. The van der Waals surface area contributed by atoms with E-state index in [-0.39, 0.29) is 0 Å². The highest BCUT2D eigenvalue weighted by atomic mass is 31.3. The highest BCUT2D eigenvalue weighted by Gasteiger charge is 2.60. The van der Waals surface area contributed by atoms with Gasteiger partial charge < -0.3 is 29.4 Å². The van der Waals surface area contributed by atoms with Gasteiger partial charge in [-0.1, -0.05) is 0 Å². The lowest BCUT2D eigenvalue weighted by Crippen LogP contribution is -2.43. The summed E-state index contributed by atoms with van der Waals surface area (Å²) >= 11 is 0. The second-order valence-corrected chi connectivity index (χ2v) is 11.2. The standard InChI is InChI=1S/C11H17F2N2O14P3/c1-10(18)4-11(7(12)13,27-8(10)15-3-2-6(16)14-9(15)17)5-26-31(22,23)29-32(24,25)28-30(19,20)21/h2-3,7-8,18H,4-5H2,1H3,(H,22,23)(H,24,25)(H,14,16,17)(H2,19,20,21)/t8-,10-,11+/m1/s1. The molecule has 0 bridgehead atoms. The van der Waals surface area contributed by atoms with Crippen LogP contribution in [0.15, 0.2) is 21.9 Å². The van der Waals surface area contributed by atoms with E-state index in [4.69, 9.17) is 19.4 Å². The highest BCUT2D eigenvalue weighted by molar-refractivity contribution is 7.66. The Balaban J connectivity index is 2.27. The summed E-state index contributed by atoms with van der Waals surface area (Å²) in [5.74, 6) is 0. The molecule has 2 rings (SSSR count). The Morgan fingerprint density at radius 1 is 1.22 bits per heavy atom. The number of phosphoric ester groups is 1. The molecule has 0 saturated carbocycles. The van der Waals surface area contributed by atoms with Gasteiger partial charge >= 0.3 is 29.2 Å². The van der Waals surface area contributed by atoms with Gasteiger partial charge in [-0.15, -0.1) is 0 Å². The second kappa shape index (κ2) is 8.91. The fourth-order valence-electron chi connectivity index (χ4n) is 2.82. The summed E-state index contributed by atoms with van der Waals surface area (Å²) in [6.45, 7) is -0.594. The van der Waals surface area contributed by atoms with Gasteiger partial charge in [0.1, 0.15) is 5.60 Å². The van der Waals surface area contributed by atoms with Crippen molar-refractivity contribution in [3.05, 3.63) is 33.1 Å². The highest BCUT2D eigenvalue weighted by Crippen LogP contribution is 2.66. The van der Waals surface area contributed by atoms with Crippen LogP contribution in [-0.2, 0) is 31.6 Å². The van der Waals surface area contributed by atoms with E-state index in [1.165, 1.54) is 0 Å². The molecule has 1 saturated heterocycles. The minimum atomic E-state index is -5.90. The third-order valence-corrected chi connectivity index (χ3v) is 7.71. The van der Waals surface area contributed by atoms with Gasteiger partial charge in [-0.05, 0) is 6.92 Å². The zero-order valence-corrected chi connectivity index (χ0v) is 18.4. The first-order valence-electron chi connectivity index (χ1n) is 8.06. The van der Waals surface area contributed by atoms with E-state index in [0.717, 1.165) is 19.2 Å². The average Bonchev–Trinajstić information content (AvgIpc) is 2.82. The van der Waals surface area contributed by atoms with Crippen molar-refractivity contribution in [2.45, 2.75) is 37.2 Å². The van der Waals surface area contributed by atoms with Gasteiger partial charge in [-0.2, -0.15) is 8.62 Å². The third kappa shape index (κ3) is 6.70. The fraction of sp³-hybridized carbons (Fsp3) is 0.636. The Kier molecular flexibility index (Phi) is 7.55. The molecule has 0 aliphatic carbocycles. The quantitative estimate of drug-likeness (QED) is 0.221. The number of hydrogen-bond acceptors (Lipinski definition) is 10. The van der Waals surface area contributed by atoms with Crippen LogP contribution in [0, 0.1) is 0 Å². The van der Waals surface area contributed by atoms with Crippen LogP contribution >= 0.6 is 23.5 Å². The lowest BCUT2D eigenvalue weighted by molar-refractivity contribution is -0.176. The molecular weight excluding hydrogens is 515 g/mol. The third-order valence-electron chi connectivity index (χ3n) is 3.92. The van der Waals surface area contributed by atoms with E-state index in [1.807, 2.05) is 4.98 Å². The van der Waals surface area contributed by atoms with Crippen molar-refractivity contribution in [1.82, 2.24) is 9.55 Å². The molecule has 6 N–H and O–H groups in total. The minimum absolute atomic E-state index is 0.566. The lowest BCUT2D eigenvalue weighted by Gasteiger charge is -2.28. The van der Waals surface area contributed by atoms with E-state index in [9.17, 15) is 42.1 Å². The number of nitrogens with zero attached hydrogens (tertiary/aromatic N) is 1. The van der Waals surface area contributed by atoms with E-state index in [2.05, 4.69) is 13.1 Å². The van der Waals surface area contributed by atoms with Crippen LogP contribution in [0.1, 0.15) is 19.6 Å². The second-order valence-electron chi connectivity index (χ2n) is 6.75. The predicted molar refractivity (Wildman–Crippen MR) is 95.2 cm³/mol. The summed E-state index contributed by atoms with van der Waals surface area (Å²) < 4.78 is 78.2. The molecule has 0 aromatic carbocycles. The summed E-state index contributed by atoms with van der Waals surface area (Å²) in [6, 6.07) is 0.829. The molecule has 2 unspecified atom stereocenters. The van der Waals surface area contributed by atoms with Crippen LogP contribution in [0.25, 0.3) is 0 Å². The van der Waals surface area contributed by atoms with E-state index >= 15 is 0 Å². The fourth-order valence-corrected chi connectivity index (χ4v) is 5.90. The van der Waals surface area contributed by atoms with Crippen molar-refractivity contribution in [1.29, 1.82) is 0 Å². The monoisotopic (exact) mass is 532 g/mol. The van der Waals surface area contributed by atoms with E-state index in [1.54, 1.807) is 0 Å². The van der Waals surface area contributed by atoms with Gasteiger partial charge in [0.25, 0.3) is 12.0 Å². The number of alkyl halides is 2. The number of aromatic amines is 1. The molecule has 5 atom stereocenters. The van der Waals surface area contributed by atoms with Gasteiger partial charge in [0.15, 0.2) is 11.8 Å². The normalized spacial score (nSPS) is 30.2. The van der Waals surface area contributed by atoms with Crippen LogP contribution in [0.4, 0.5) is 8.78 Å². The van der Waals surface area contributed by atoms with Gasteiger partial charge in [0.2, 0.25) is 0 Å². The van der Waals surface area contributed by atoms with Crippen LogP contribution in [-0.4, -0.2) is 58.5 Å². The topological polar surface area (TPSA) is 244 Å². The summed E-state index contributed by atoms with van der Waals surface area (Å²) in [7, 11) is -17.3.